The topological polar surface area (TPSA) is 62.0 Å². The molecule has 0 radical (unpaired) electrons. The predicted molar refractivity (Wildman–Crippen MR) is 102 cm³/mol. The number of benzene rings is 2. The van der Waals surface area contributed by atoms with Crippen LogP contribution in [0.5, 0.6) is 0 Å². The highest BCUT2D eigenvalue weighted by molar-refractivity contribution is 6.30. The molecule has 3 rings (SSSR count). The van der Waals surface area contributed by atoms with Crippen molar-refractivity contribution in [2.75, 3.05) is 6.54 Å². The quantitative estimate of drug-likeness (QED) is 0.749. The third-order valence-electron chi connectivity index (χ3n) is 4.18. The van der Waals surface area contributed by atoms with E-state index in [0.29, 0.717) is 29.1 Å². The van der Waals surface area contributed by atoms with E-state index < -0.39 is 0 Å². The molecule has 2 N–H and O–H groups in total. The summed E-state index contributed by atoms with van der Waals surface area (Å²) in [4.78, 5) is 27.3. The Labute approximate surface area is 150 Å². The van der Waals surface area contributed by atoms with Crippen LogP contribution in [-0.4, -0.2) is 17.4 Å². The zero-order valence-electron chi connectivity index (χ0n) is 14.2. The lowest BCUT2D eigenvalue weighted by Gasteiger charge is -2.08. The van der Waals surface area contributed by atoms with Crippen molar-refractivity contribution in [3.05, 3.63) is 80.1 Å². The smallest absolute Gasteiger partial charge is 0.251 e. The summed E-state index contributed by atoms with van der Waals surface area (Å²) in [6, 6.07) is 12.7. The SMILES string of the molecule is Cc1cc(C)c2cc(CCNC(=O)c3ccc(Cl)cc3)c(=O)[nH]c2c1. The number of fused-ring (bicyclic) bond motifs is 1. The number of amides is 1. The van der Waals surface area contributed by atoms with Crippen molar-refractivity contribution < 1.29 is 4.79 Å². The van der Waals surface area contributed by atoms with E-state index >= 15 is 0 Å². The van der Waals surface area contributed by atoms with Crippen LogP contribution in [0, 0.1) is 13.8 Å². The summed E-state index contributed by atoms with van der Waals surface area (Å²) in [6.45, 7) is 4.42. The van der Waals surface area contributed by atoms with Crippen molar-refractivity contribution in [3.63, 3.8) is 0 Å². The Morgan fingerprint density at radius 3 is 2.56 bits per heavy atom. The first kappa shape index (κ1) is 17.2. The molecule has 0 bridgehead atoms. The minimum absolute atomic E-state index is 0.113. The predicted octanol–water partition coefficient (Wildman–Crippen LogP) is 3.77. The van der Waals surface area contributed by atoms with Gasteiger partial charge in [0.05, 0.1) is 0 Å². The van der Waals surface area contributed by atoms with Crippen molar-refractivity contribution in [3.8, 4) is 0 Å². The standard InChI is InChI=1S/C20H19ClN2O2/c1-12-9-13(2)17-11-15(20(25)23-18(17)10-12)7-8-22-19(24)14-3-5-16(21)6-4-14/h3-6,9-11H,7-8H2,1-2H3,(H,22,24)(H,23,25). The molecule has 25 heavy (non-hydrogen) atoms. The van der Waals surface area contributed by atoms with Gasteiger partial charge in [-0.05, 0) is 67.8 Å². The molecule has 3 aromatic rings. The first-order chi connectivity index (χ1) is 11.9. The lowest BCUT2D eigenvalue weighted by Crippen LogP contribution is -2.27. The summed E-state index contributed by atoms with van der Waals surface area (Å²) in [5, 5.41) is 4.45. The van der Waals surface area contributed by atoms with Gasteiger partial charge < -0.3 is 10.3 Å². The van der Waals surface area contributed by atoms with Crippen LogP contribution < -0.4 is 10.9 Å². The van der Waals surface area contributed by atoms with Crippen LogP contribution in [0.25, 0.3) is 10.9 Å². The molecular formula is C20H19ClN2O2. The number of H-pyrrole nitrogens is 1. The summed E-state index contributed by atoms with van der Waals surface area (Å²) in [5.41, 5.74) is 4.18. The fourth-order valence-electron chi connectivity index (χ4n) is 2.92. The van der Waals surface area contributed by atoms with Gasteiger partial charge >= 0.3 is 0 Å². The van der Waals surface area contributed by atoms with E-state index in [0.717, 1.165) is 22.0 Å². The second-order valence-electron chi connectivity index (χ2n) is 6.18. The van der Waals surface area contributed by atoms with E-state index in [2.05, 4.69) is 16.4 Å². The number of pyridine rings is 1. The minimum Gasteiger partial charge on any atom is -0.352 e. The van der Waals surface area contributed by atoms with Gasteiger partial charge in [0, 0.05) is 33.6 Å². The van der Waals surface area contributed by atoms with Gasteiger partial charge in [0.2, 0.25) is 0 Å². The highest BCUT2D eigenvalue weighted by atomic mass is 35.5. The highest BCUT2D eigenvalue weighted by Gasteiger charge is 2.08. The monoisotopic (exact) mass is 354 g/mol. The molecule has 0 aliphatic carbocycles. The second kappa shape index (κ2) is 7.11. The van der Waals surface area contributed by atoms with E-state index in [-0.39, 0.29) is 11.5 Å². The number of carbonyl (C=O) groups excluding carboxylic acids is 1. The molecule has 1 amide bonds. The summed E-state index contributed by atoms with van der Waals surface area (Å²) in [6.07, 6.45) is 0.470. The van der Waals surface area contributed by atoms with Crippen molar-refractivity contribution in [1.29, 1.82) is 0 Å². The molecule has 4 nitrogen and oxygen atoms in total. The maximum atomic E-state index is 12.3. The molecular weight excluding hydrogens is 336 g/mol. The number of rotatable bonds is 4. The summed E-state index contributed by atoms with van der Waals surface area (Å²) >= 11 is 5.82. The number of nitrogens with one attached hydrogen (secondary N) is 2. The van der Waals surface area contributed by atoms with Crippen LogP contribution in [0.2, 0.25) is 5.02 Å². The Morgan fingerprint density at radius 2 is 1.84 bits per heavy atom. The molecule has 5 heteroatoms. The lowest BCUT2D eigenvalue weighted by molar-refractivity contribution is 0.0954. The van der Waals surface area contributed by atoms with Crippen LogP contribution in [0.15, 0.2) is 47.3 Å². The third kappa shape index (κ3) is 3.91. The van der Waals surface area contributed by atoms with Gasteiger partial charge in [0.15, 0.2) is 0 Å². The van der Waals surface area contributed by atoms with E-state index in [4.69, 9.17) is 11.6 Å². The van der Waals surface area contributed by atoms with Crippen LogP contribution in [0.4, 0.5) is 0 Å². The molecule has 0 spiro atoms. The van der Waals surface area contributed by atoms with Crippen molar-refractivity contribution in [1.82, 2.24) is 10.3 Å². The fourth-order valence-corrected chi connectivity index (χ4v) is 3.04. The maximum Gasteiger partial charge on any atom is 0.251 e. The Kier molecular flexibility index (Phi) is 4.91. The number of aryl methyl sites for hydroxylation is 2. The fraction of sp³-hybridized carbons (Fsp3) is 0.200. The summed E-state index contributed by atoms with van der Waals surface area (Å²) < 4.78 is 0. The molecule has 0 atom stereocenters. The molecule has 0 fully saturated rings. The van der Waals surface area contributed by atoms with Crippen molar-refractivity contribution >= 4 is 28.4 Å². The van der Waals surface area contributed by atoms with Gasteiger partial charge in [0.1, 0.15) is 0 Å². The van der Waals surface area contributed by atoms with Crippen molar-refractivity contribution in [2.45, 2.75) is 20.3 Å². The molecule has 2 aromatic carbocycles. The molecule has 1 heterocycles. The number of aromatic amines is 1. The second-order valence-corrected chi connectivity index (χ2v) is 6.62. The molecule has 0 saturated heterocycles. The lowest BCUT2D eigenvalue weighted by atomic mass is 10.0. The number of halogens is 1. The van der Waals surface area contributed by atoms with Crippen LogP contribution in [-0.2, 0) is 6.42 Å². The third-order valence-corrected chi connectivity index (χ3v) is 4.43. The first-order valence-corrected chi connectivity index (χ1v) is 8.49. The number of hydrogen-bond donors (Lipinski definition) is 2. The molecule has 0 unspecified atom stereocenters. The Morgan fingerprint density at radius 1 is 1.12 bits per heavy atom. The zero-order chi connectivity index (χ0) is 18.0. The van der Waals surface area contributed by atoms with Gasteiger partial charge in [-0.1, -0.05) is 17.7 Å². The van der Waals surface area contributed by atoms with Gasteiger partial charge in [-0.15, -0.1) is 0 Å². The molecule has 0 aliphatic heterocycles. The Balaban J connectivity index is 1.73. The Hall–Kier alpha value is -2.59. The largest absolute Gasteiger partial charge is 0.352 e. The number of aromatic nitrogens is 1. The Bertz CT molecular complexity index is 991. The van der Waals surface area contributed by atoms with Crippen LogP contribution in [0.1, 0.15) is 27.0 Å². The average Bonchev–Trinajstić information content (AvgIpc) is 2.56. The van der Waals surface area contributed by atoms with E-state index in [1.54, 1.807) is 24.3 Å². The highest BCUT2D eigenvalue weighted by Crippen LogP contribution is 2.18. The number of hydrogen-bond acceptors (Lipinski definition) is 2. The summed E-state index contributed by atoms with van der Waals surface area (Å²) in [7, 11) is 0. The van der Waals surface area contributed by atoms with Gasteiger partial charge in [-0.2, -0.15) is 0 Å². The minimum atomic E-state index is -0.180. The first-order valence-electron chi connectivity index (χ1n) is 8.11. The van der Waals surface area contributed by atoms with Crippen LogP contribution >= 0.6 is 11.6 Å². The van der Waals surface area contributed by atoms with Crippen LogP contribution in [0.3, 0.4) is 0 Å². The molecule has 0 aliphatic rings. The average molecular weight is 355 g/mol. The van der Waals surface area contributed by atoms with E-state index in [1.807, 2.05) is 26.0 Å². The molecule has 128 valence electrons. The molecule has 1 aromatic heterocycles. The van der Waals surface area contributed by atoms with Crippen molar-refractivity contribution in [2.24, 2.45) is 0 Å². The maximum absolute atomic E-state index is 12.3. The van der Waals surface area contributed by atoms with Gasteiger partial charge in [0.25, 0.3) is 11.5 Å². The van der Waals surface area contributed by atoms with E-state index in [9.17, 15) is 9.59 Å². The molecule has 0 saturated carbocycles. The number of carbonyl (C=O) groups is 1. The zero-order valence-corrected chi connectivity index (χ0v) is 14.9. The van der Waals surface area contributed by atoms with Gasteiger partial charge in [-0.3, -0.25) is 9.59 Å². The summed E-state index contributed by atoms with van der Waals surface area (Å²) in [5.74, 6) is -0.180. The van der Waals surface area contributed by atoms with Gasteiger partial charge in [-0.25, -0.2) is 0 Å². The van der Waals surface area contributed by atoms with E-state index in [1.165, 1.54) is 0 Å². The normalized spacial score (nSPS) is 10.8.